The number of hydrogen-bond donors (Lipinski definition) is 0. The van der Waals surface area contributed by atoms with E-state index in [1.165, 1.54) is 0 Å². The molecule has 0 N–H and O–H groups in total. The predicted octanol–water partition coefficient (Wildman–Crippen LogP) is 1.56. The Bertz CT molecular complexity index is 411. The molecule has 0 atom stereocenters. The molecule has 0 aliphatic heterocycles. The lowest BCUT2D eigenvalue weighted by Crippen LogP contribution is -1.80. The average molecular weight is 201 g/mol. The maximum absolute atomic E-state index is 10.4. The van der Waals surface area contributed by atoms with Gasteiger partial charge in [-0.25, -0.2) is 0 Å². The standard InChI is InChI=1S/C8H5ClO2S/c9-12(10,11)7-6-8-4-2-1-3-5-8/h1-5H. The SMILES string of the molecule is O=S(=O)(Cl)C#Cc1ccccc1. The zero-order valence-electron chi connectivity index (χ0n) is 5.99. The van der Waals surface area contributed by atoms with E-state index in [0.717, 1.165) is 0 Å². The summed E-state index contributed by atoms with van der Waals surface area (Å²) in [7, 11) is 1.17. The van der Waals surface area contributed by atoms with E-state index >= 15 is 0 Å². The number of rotatable bonds is 0. The molecular formula is C8H5ClO2S. The molecule has 0 unspecified atom stereocenters. The van der Waals surface area contributed by atoms with Gasteiger partial charge in [-0.05, 0) is 18.1 Å². The second kappa shape index (κ2) is 3.61. The van der Waals surface area contributed by atoms with Crippen molar-refractivity contribution in [1.82, 2.24) is 0 Å². The Morgan fingerprint density at radius 2 is 1.75 bits per heavy atom. The first-order valence-electron chi connectivity index (χ1n) is 3.10. The third-order valence-corrected chi connectivity index (χ3v) is 1.67. The molecule has 0 amide bonds. The van der Waals surface area contributed by atoms with Gasteiger partial charge >= 0.3 is 9.05 Å². The highest BCUT2D eigenvalue weighted by atomic mass is 35.7. The van der Waals surface area contributed by atoms with E-state index in [-0.39, 0.29) is 0 Å². The van der Waals surface area contributed by atoms with Gasteiger partial charge in [0.05, 0.1) is 0 Å². The lowest BCUT2D eigenvalue weighted by atomic mass is 10.2. The molecule has 0 aliphatic carbocycles. The van der Waals surface area contributed by atoms with Crippen LogP contribution in [0.5, 0.6) is 0 Å². The third kappa shape index (κ3) is 3.42. The molecule has 0 spiro atoms. The molecule has 4 heteroatoms. The highest BCUT2D eigenvalue weighted by Crippen LogP contribution is 1.97. The van der Waals surface area contributed by atoms with Crippen molar-refractivity contribution in [2.75, 3.05) is 0 Å². The molecule has 0 aromatic heterocycles. The smallest absolute Gasteiger partial charge is 0.198 e. The van der Waals surface area contributed by atoms with Crippen LogP contribution >= 0.6 is 10.7 Å². The summed E-state index contributed by atoms with van der Waals surface area (Å²) in [5.74, 6) is 2.41. The Morgan fingerprint density at radius 1 is 1.17 bits per heavy atom. The van der Waals surface area contributed by atoms with Gasteiger partial charge < -0.3 is 0 Å². The molecule has 0 aliphatic rings. The van der Waals surface area contributed by atoms with E-state index in [1.54, 1.807) is 24.3 Å². The zero-order valence-corrected chi connectivity index (χ0v) is 7.56. The molecule has 62 valence electrons. The van der Waals surface area contributed by atoms with Crippen LogP contribution in [0.2, 0.25) is 0 Å². The van der Waals surface area contributed by atoms with Gasteiger partial charge in [-0.1, -0.05) is 18.2 Å². The van der Waals surface area contributed by atoms with Crippen molar-refractivity contribution in [2.24, 2.45) is 0 Å². The average Bonchev–Trinajstić information content (AvgIpc) is 2.02. The molecule has 1 aromatic rings. The van der Waals surface area contributed by atoms with Crippen molar-refractivity contribution in [2.45, 2.75) is 0 Å². The molecule has 1 aromatic carbocycles. The summed E-state index contributed by atoms with van der Waals surface area (Å²) in [5, 5.41) is 1.93. The van der Waals surface area contributed by atoms with Crippen LogP contribution in [-0.2, 0) is 9.05 Å². The normalized spacial score (nSPS) is 10.1. The van der Waals surface area contributed by atoms with Crippen LogP contribution in [-0.4, -0.2) is 8.42 Å². The van der Waals surface area contributed by atoms with Crippen LogP contribution in [0.15, 0.2) is 30.3 Å². The van der Waals surface area contributed by atoms with Crippen LogP contribution < -0.4 is 0 Å². The Morgan fingerprint density at radius 3 is 2.25 bits per heavy atom. The molecular weight excluding hydrogens is 196 g/mol. The predicted molar refractivity (Wildman–Crippen MR) is 48.1 cm³/mol. The van der Waals surface area contributed by atoms with Crippen LogP contribution in [0.25, 0.3) is 0 Å². The molecule has 0 saturated carbocycles. The quantitative estimate of drug-likeness (QED) is 0.471. The van der Waals surface area contributed by atoms with Gasteiger partial charge in [0.1, 0.15) is 0 Å². The highest BCUT2D eigenvalue weighted by molar-refractivity contribution is 8.17. The summed E-state index contributed by atoms with van der Waals surface area (Å²) in [6.45, 7) is 0. The fraction of sp³-hybridized carbons (Fsp3) is 0. The molecule has 0 heterocycles. The fourth-order valence-corrected chi connectivity index (χ4v) is 0.997. The lowest BCUT2D eigenvalue weighted by molar-refractivity contribution is 0.618. The van der Waals surface area contributed by atoms with Crippen LogP contribution in [0.4, 0.5) is 0 Å². The van der Waals surface area contributed by atoms with Crippen LogP contribution in [0.1, 0.15) is 5.56 Å². The number of halogens is 1. The van der Waals surface area contributed by atoms with Gasteiger partial charge in [0.25, 0.3) is 0 Å². The minimum Gasteiger partial charge on any atom is -0.198 e. The zero-order chi connectivity index (χ0) is 9.03. The van der Waals surface area contributed by atoms with Crippen molar-refractivity contribution in [3.63, 3.8) is 0 Å². The van der Waals surface area contributed by atoms with Crippen molar-refractivity contribution in [3.8, 4) is 11.2 Å². The van der Waals surface area contributed by atoms with Crippen molar-refractivity contribution < 1.29 is 8.42 Å². The lowest BCUT2D eigenvalue weighted by Gasteiger charge is -1.84. The Kier molecular flexibility index (Phi) is 2.74. The van der Waals surface area contributed by atoms with Gasteiger partial charge in [-0.2, -0.15) is 8.42 Å². The van der Waals surface area contributed by atoms with Crippen LogP contribution in [0, 0.1) is 11.2 Å². The Hall–Kier alpha value is -0.980. The van der Waals surface area contributed by atoms with Crippen LogP contribution in [0.3, 0.4) is 0 Å². The van der Waals surface area contributed by atoms with Gasteiger partial charge in [-0.15, -0.1) is 0 Å². The van der Waals surface area contributed by atoms with E-state index in [2.05, 4.69) is 5.92 Å². The van der Waals surface area contributed by atoms with E-state index in [0.29, 0.717) is 5.56 Å². The summed E-state index contributed by atoms with van der Waals surface area (Å²) in [4.78, 5) is 0. The maximum atomic E-state index is 10.4. The molecule has 0 bridgehead atoms. The molecule has 12 heavy (non-hydrogen) atoms. The number of hydrogen-bond acceptors (Lipinski definition) is 2. The first-order valence-corrected chi connectivity index (χ1v) is 5.41. The molecule has 0 saturated heterocycles. The summed E-state index contributed by atoms with van der Waals surface area (Å²) in [6, 6.07) is 8.76. The second-order valence-corrected chi connectivity index (χ2v) is 4.33. The molecule has 0 radical (unpaired) electrons. The third-order valence-electron chi connectivity index (χ3n) is 1.09. The highest BCUT2D eigenvalue weighted by Gasteiger charge is 1.94. The Balaban J connectivity index is 2.96. The van der Waals surface area contributed by atoms with Gasteiger partial charge in [0.15, 0.2) is 0 Å². The van der Waals surface area contributed by atoms with Gasteiger partial charge in [0, 0.05) is 21.5 Å². The monoisotopic (exact) mass is 200 g/mol. The molecule has 0 fully saturated rings. The topological polar surface area (TPSA) is 34.1 Å². The first kappa shape index (κ1) is 9.11. The minimum absolute atomic E-state index is 0.627. The van der Waals surface area contributed by atoms with Crippen molar-refractivity contribution >= 4 is 19.7 Å². The van der Waals surface area contributed by atoms with Crippen molar-refractivity contribution in [3.05, 3.63) is 35.9 Å². The first-order chi connectivity index (χ1) is 5.58. The Labute approximate surface area is 75.6 Å². The maximum Gasteiger partial charge on any atom is 0.301 e. The molecule has 1 rings (SSSR count). The van der Waals surface area contributed by atoms with E-state index < -0.39 is 9.05 Å². The summed E-state index contributed by atoms with van der Waals surface area (Å²) in [5.41, 5.74) is 0.627. The fourth-order valence-electron chi connectivity index (χ4n) is 0.641. The summed E-state index contributed by atoms with van der Waals surface area (Å²) < 4.78 is 20.8. The largest absolute Gasteiger partial charge is 0.301 e. The van der Waals surface area contributed by atoms with E-state index in [1.807, 2.05) is 11.3 Å². The minimum atomic E-state index is -3.71. The van der Waals surface area contributed by atoms with E-state index in [9.17, 15) is 8.42 Å². The molecule has 2 nitrogen and oxygen atoms in total. The van der Waals surface area contributed by atoms with E-state index in [4.69, 9.17) is 10.7 Å². The second-order valence-electron chi connectivity index (χ2n) is 2.03. The summed E-state index contributed by atoms with van der Waals surface area (Å²) >= 11 is 0. The van der Waals surface area contributed by atoms with Crippen molar-refractivity contribution in [1.29, 1.82) is 0 Å². The van der Waals surface area contributed by atoms with Gasteiger partial charge in [0.2, 0.25) is 0 Å². The summed E-state index contributed by atoms with van der Waals surface area (Å²) in [6.07, 6.45) is 0. The number of benzene rings is 1. The van der Waals surface area contributed by atoms with Gasteiger partial charge in [-0.3, -0.25) is 0 Å².